The van der Waals surface area contributed by atoms with Crippen LogP contribution in [0.5, 0.6) is 11.8 Å². The van der Waals surface area contributed by atoms with Gasteiger partial charge in [0, 0.05) is 67.4 Å². The predicted octanol–water partition coefficient (Wildman–Crippen LogP) is 5.61. The zero-order chi connectivity index (χ0) is 33.3. The Balaban J connectivity index is 1.24. The molecule has 1 unspecified atom stereocenters. The van der Waals surface area contributed by atoms with Gasteiger partial charge in [0.2, 0.25) is 17.7 Å². The number of amides is 1. The minimum Gasteiger partial charge on any atom is -0.481 e. The highest BCUT2D eigenvalue weighted by Crippen LogP contribution is 2.31. The summed E-state index contributed by atoms with van der Waals surface area (Å²) in [6.45, 7) is 11.0. The normalized spacial score (nSPS) is 17.0. The molecule has 0 saturated carbocycles. The Morgan fingerprint density at radius 2 is 1.68 bits per heavy atom. The number of anilines is 1. The number of carbonyl (C=O) groups excluding carboxylic acids is 1. The van der Waals surface area contributed by atoms with Crippen molar-refractivity contribution < 1.29 is 19.4 Å². The van der Waals surface area contributed by atoms with Crippen molar-refractivity contribution in [2.45, 2.75) is 46.1 Å². The van der Waals surface area contributed by atoms with Gasteiger partial charge in [0.25, 0.3) is 0 Å². The number of nitrogens with zero attached hydrogens (tertiary/aromatic N) is 6. The molecule has 2 aliphatic heterocycles. The smallest absolute Gasteiger partial charge is 0.306 e. The number of hydrogen-bond acceptors (Lipinski definition) is 9. The molecule has 2 saturated heterocycles. The summed E-state index contributed by atoms with van der Waals surface area (Å²) in [6.07, 6.45) is 6.53. The van der Waals surface area contributed by atoms with E-state index in [-0.39, 0.29) is 11.8 Å². The monoisotopic (exact) mass is 683 g/mol. The number of pyridine rings is 1. The van der Waals surface area contributed by atoms with Crippen LogP contribution in [-0.2, 0) is 16.1 Å². The fourth-order valence-corrected chi connectivity index (χ4v) is 6.40. The summed E-state index contributed by atoms with van der Waals surface area (Å²) in [5.41, 5.74) is 2.52. The van der Waals surface area contributed by atoms with Gasteiger partial charge < -0.3 is 20.1 Å². The maximum atomic E-state index is 11.7. The minimum absolute atomic E-state index is 0.101. The van der Waals surface area contributed by atoms with Crippen molar-refractivity contribution in [2.75, 3.05) is 57.3 Å². The average Bonchev–Trinajstić information content (AvgIpc) is 3.06. The summed E-state index contributed by atoms with van der Waals surface area (Å²) in [6, 6.07) is 9.33. The molecule has 2 aliphatic rings. The molecule has 3 aromatic rings. The van der Waals surface area contributed by atoms with Crippen LogP contribution < -0.4 is 15.0 Å². The lowest BCUT2D eigenvalue weighted by atomic mass is 9.96. The second-order valence-electron chi connectivity index (χ2n) is 12.4. The molecule has 47 heavy (non-hydrogen) atoms. The number of halogens is 2. The summed E-state index contributed by atoms with van der Waals surface area (Å²) in [7, 11) is 0. The zero-order valence-corrected chi connectivity index (χ0v) is 28.5. The molecule has 2 aromatic heterocycles. The summed E-state index contributed by atoms with van der Waals surface area (Å²) in [5, 5.41) is 13.2. The maximum Gasteiger partial charge on any atom is 0.306 e. The predicted molar refractivity (Wildman–Crippen MR) is 183 cm³/mol. The van der Waals surface area contributed by atoms with Crippen molar-refractivity contribution >= 4 is 40.9 Å². The third-order valence-electron chi connectivity index (χ3n) is 8.86. The van der Waals surface area contributed by atoms with E-state index in [1.807, 2.05) is 31.2 Å². The van der Waals surface area contributed by atoms with Gasteiger partial charge in [-0.1, -0.05) is 37.0 Å². The van der Waals surface area contributed by atoms with Gasteiger partial charge in [-0.3, -0.25) is 19.4 Å². The number of benzene rings is 1. The highest BCUT2D eigenvalue weighted by Gasteiger charge is 2.22. The molecule has 11 nitrogen and oxygen atoms in total. The van der Waals surface area contributed by atoms with Crippen LogP contribution in [0.15, 0.2) is 42.7 Å². The molecule has 0 bridgehead atoms. The molecule has 13 heteroatoms. The van der Waals surface area contributed by atoms with Gasteiger partial charge in [0.05, 0.1) is 24.0 Å². The molecule has 2 N–H and O–H groups in total. The van der Waals surface area contributed by atoms with Crippen LogP contribution in [0.25, 0.3) is 11.3 Å². The summed E-state index contributed by atoms with van der Waals surface area (Å²) >= 11 is 12.7. The number of carboxylic acids is 1. The number of piperidine rings is 1. The number of likely N-dealkylation sites (tertiary alicyclic amines) is 1. The number of nitrogens with one attached hydrogen (secondary N) is 1. The van der Waals surface area contributed by atoms with Crippen LogP contribution >= 0.6 is 23.2 Å². The summed E-state index contributed by atoms with van der Waals surface area (Å²) < 4.78 is 6.16. The third-order valence-corrected chi connectivity index (χ3v) is 9.30. The maximum absolute atomic E-state index is 11.7. The molecule has 0 aliphatic carbocycles. The molecular formula is C34H43Cl2N7O4. The molecule has 4 heterocycles. The minimum atomic E-state index is -0.750. The van der Waals surface area contributed by atoms with Gasteiger partial charge in [0.15, 0.2) is 0 Å². The largest absolute Gasteiger partial charge is 0.481 e. The molecule has 252 valence electrons. The van der Waals surface area contributed by atoms with E-state index < -0.39 is 5.97 Å². The molecule has 1 atom stereocenters. The van der Waals surface area contributed by atoms with Gasteiger partial charge in [-0.25, -0.2) is 15.0 Å². The Bertz CT molecular complexity index is 1490. The van der Waals surface area contributed by atoms with Crippen LogP contribution in [0.4, 0.5) is 5.82 Å². The Hall–Kier alpha value is -3.51. The molecule has 1 aromatic carbocycles. The molecular weight excluding hydrogens is 641 g/mol. The second kappa shape index (κ2) is 16.5. The van der Waals surface area contributed by atoms with Crippen LogP contribution in [0.1, 0.15) is 45.1 Å². The number of carbonyl (C=O) groups is 2. The number of aromatic nitrogens is 3. The number of hydrogen-bond donors (Lipinski definition) is 2. The number of aliphatic carboxylic acids is 1. The van der Waals surface area contributed by atoms with Crippen molar-refractivity contribution in [2.24, 2.45) is 11.8 Å². The van der Waals surface area contributed by atoms with Gasteiger partial charge in [-0.15, -0.1) is 0 Å². The Kier molecular flexibility index (Phi) is 12.3. The van der Waals surface area contributed by atoms with Gasteiger partial charge >= 0.3 is 5.97 Å². The number of carboxylic acid groups (broad SMARTS) is 1. The highest BCUT2D eigenvalue weighted by molar-refractivity contribution is 6.35. The first-order valence-electron chi connectivity index (χ1n) is 16.3. The van der Waals surface area contributed by atoms with E-state index in [0.717, 1.165) is 88.7 Å². The van der Waals surface area contributed by atoms with E-state index in [9.17, 15) is 9.59 Å². The molecule has 5 rings (SSSR count). The van der Waals surface area contributed by atoms with Crippen LogP contribution in [-0.4, -0.2) is 94.1 Å². The first-order valence-corrected chi connectivity index (χ1v) is 17.1. The Labute approximate surface area is 286 Å². The fraction of sp³-hybridized carbons (Fsp3) is 0.500. The van der Waals surface area contributed by atoms with Crippen molar-refractivity contribution in [3.05, 3.63) is 58.3 Å². The van der Waals surface area contributed by atoms with E-state index in [1.165, 1.54) is 0 Å². The third kappa shape index (κ3) is 10.2. The number of ether oxygens (including phenoxy) is 1. The van der Waals surface area contributed by atoms with Crippen LogP contribution in [0.2, 0.25) is 10.0 Å². The Morgan fingerprint density at radius 1 is 0.957 bits per heavy atom. The second-order valence-corrected chi connectivity index (χ2v) is 13.3. The van der Waals surface area contributed by atoms with Gasteiger partial charge in [0.1, 0.15) is 5.82 Å². The topological polar surface area (TPSA) is 124 Å². The lowest BCUT2D eigenvalue weighted by Gasteiger charge is -2.35. The molecule has 0 radical (unpaired) electrons. The highest BCUT2D eigenvalue weighted by atomic mass is 35.5. The molecule has 1 amide bonds. The van der Waals surface area contributed by atoms with E-state index in [4.69, 9.17) is 38.0 Å². The van der Waals surface area contributed by atoms with Crippen molar-refractivity contribution in [3.8, 4) is 23.0 Å². The lowest BCUT2D eigenvalue weighted by molar-refractivity contribution is -0.141. The van der Waals surface area contributed by atoms with E-state index >= 15 is 0 Å². The van der Waals surface area contributed by atoms with E-state index in [0.29, 0.717) is 46.3 Å². The standard InChI is InChI=1S/C34H43Cl2N7O4/c1-3-31(44)38-19-24-5-8-42(9-6-24)22-25-14-29(26-16-27(35)18-28(36)17-26)40-32(15-25)47-33-21-37-30(20-39-33)43-12-10-41(11-13-43)7-4-23(2)34(45)46/h14-18,20-21,23-24H,3-13,19,22H2,1-2H3,(H,38,44)(H,45,46). The van der Waals surface area contributed by atoms with Crippen molar-refractivity contribution in [1.29, 1.82) is 0 Å². The number of rotatable bonds is 13. The Morgan fingerprint density at radius 3 is 2.32 bits per heavy atom. The van der Waals surface area contributed by atoms with Crippen molar-refractivity contribution in [1.82, 2.24) is 30.1 Å². The molecule has 0 spiro atoms. The average molecular weight is 685 g/mol. The van der Waals surface area contributed by atoms with Crippen molar-refractivity contribution in [3.63, 3.8) is 0 Å². The van der Waals surface area contributed by atoms with Crippen LogP contribution in [0.3, 0.4) is 0 Å². The van der Waals surface area contributed by atoms with E-state index in [1.54, 1.807) is 25.4 Å². The zero-order valence-electron chi connectivity index (χ0n) is 27.0. The summed E-state index contributed by atoms with van der Waals surface area (Å²) in [4.78, 5) is 43.6. The van der Waals surface area contributed by atoms with Crippen LogP contribution in [0, 0.1) is 11.8 Å². The lowest BCUT2D eigenvalue weighted by Crippen LogP contribution is -2.47. The first-order chi connectivity index (χ1) is 22.6. The quantitative estimate of drug-likeness (QED) is 0.235. The molecule has 2 fully saturated rings. The van der Waals surface area contributed by atoms with Gasteiger partial charge in [-0.05, 0) is 74.6 Å². The van der Waals surface area contributed by atoms with E-state index in [2.05, 4.69) is 30.0 Å². The summed E-state index contributed by atoms with van der Waals surface area (Å²) in [5.74, 6) is 1.00. The van der Waals surface area contributed by atoms with Gasteiger partial charge in [-0.2, -0.15) is 0 Å². The SMILES string of the molecule is CCC(=O)NCC1CCN(Cc2cc(Oc3cnc(N4CCN(CCC(C)C(=O)O)CC4)cn3)nc(-c3cc(Cl)cc(Cl)c3)c2)CC1. The first kappa shape index (κ1) is 34.8. The fourth-order valence-electron chi connectivity index (χ4n) is 5.88. The number of piperazine rings is 1.